The summed E-state index contributed by atoms with van der Waals surface area (Å²) in [6, 6.07) is 16.8. The Balaban J connectivity index is 1.54. The van der Waals surface area contributed by atoms with Crippen LogP contribution in [0.15, 0.2) is 80.8 Å². The molecule has 0 amide bonds. The van der Waals surface area contributed by atoms with Crippen LogP contribution in [0.1, 0.15) is 18.4 Å². The van der Waals surface area contributed by atoms with Crippen LogP contribution >= 0.6 is 0 Å². The van der Waals surface area contributed by atoms with E-state index in [9.17, 15) is 8.42 Å². The topological polar surface area (TPSA) is 107 Å². The van der Waals surface area contributed by atoms with Gasteiger partial charge in [0, 0.05) is 0 Å². The fraction of sp³-hybridized carbons (Fsp3) is 0.143. The molecular formula is C21H19N3O5S. The Bertz CT molecular complexity index is 1220. The monoisotopic (exact) mass is 425 g/mol. The molecule has 0 saturated carbocycles. The SMILES string of the molecule is CCOc1ccc(S(=O)(=O)Nc2ccccc2Cc2nc(-c3ccco3)no2)cc1. The van der Waals surface area contributed by atoms with Gasteiger partial charge in [0.25, 0.3) is 10.0 Å². The van der Waals surface area contributed by atoms with E-state index in [2.05, 4.69) is 14.9 Å². The summed E-state index contributed by atoms with van der Waals surface area (Å²) in [7, 11) is -3.78. The number of sulfonamides is 1. The number of benzene rings is 2. The predicted octanol–water partition coefficient (Wildman–Crippen LogP) is 4.12. The number of hydrogen-bond acceptors (Lipinski definition) is 7. The molecule has 4 rings (SSSR count). The molecule has 0 aliphatic rings. The highest BCUT2D eigenvalue weighted by Gasteiger charge is 2.18. The van der Waals surface area contributed by atoms with E-state index in [4.69, 9.17) is 13.7 Å². The van der Waals surface area contributed by atoms with Crippen LogP contribution in [0.2, 0.25) is 0 Å². The number of rotatable bonds is 8. The van der Waals surface area contributed by atoms with Crippen molar-refractivity contribution in [2.75, 3.05) is 11.3 Å². The van der Waals surface area contributed by atoms with Gasteiger partial charge in [-0.2, -0.15) is 4.98 Å². The van der Waals surface area contributed by atoms with Crippen molar-refractivity contribution in [3.05, 3.63) is 78.4 Å². The third-order valence-electron chi connectivity index (χ3n) is 4.26. The molecule has 0 radical (unpaired) electrons. The molecule has 0 atom stereocenters. The molecule has 154 valence electrons. The zero-order chi connectivity index (χ0) is 21.0. The first-order chi connectivity index (χ1) is 14.5. The van der Waals surface area contributed by atoms with Gasteiger partial charge in [-0.05, 0) is 55.0 Å². The summed E-state index contributed by atoms with van der Waals surface area (Å²) in [6.07, 6.45) is 1.78. The quantitative estimate of drug-likeness (QED) is 0.452. The van der Waals surface area contributed by atoms with Gasteiger partial charge in [0.1, 0.15) is 5.75 Å². The van der Waals surface area contributed by atoms with Gasteiger partial charge in [-0.1, -0.05) is 23.4 Å². The van der Waals surface area contributed by atoms with E-state index in [1.807, 2.05) is 13.0 Å². The van der Waals surface area contributed by atoms with Crippen molar-refractivity contribution in [1.29, 1.82) is 0 Å². The van der Waals surface area contributed by atoms with Crippen molar-refractivity contribution in [1.82, 2.24) is 10.1 Å². The summed E-state index contributed by atoms with van der Waals surface area (Å²) < 4.78 is 44.2. The second kappa shape index (κ2) is 8.42. The zero-order valence-electron chi connectivity index (χ0n) is 16.1. The van der Waals surface area contributed by atoms with Gasteiger partial charge >= 0.3 is 0 Å². The molecule has 0 bridgehead atoms. The summed E-state index contributed by atoms with van der Waals surface area (Å²) in [5.74, 6) is 1.78. The minimum absolute atomic E-state index is 0.138. The Morgan fingerprint density at radius 3 is 2.57 bits per heavy atom. The van der Waals surface area contributed by atoms with Crippen molar-refractivity contribution in [2.24, 2.45) is 0 Å². The Morgan fingerprint density at radius 2 is 1.83 bits per heavy atom. The van der Waals surface area contributed by atoms with Crippen molar-refractivity contribution < 1.29 is 22.1 Å². The van der Waals surface area contributed by atoms with Gasteiger partial charge in [-0.3, -0.25) is 4.72 Å². The number of furan rings is 1. The number of para-hydroxylation sites is 1. The van der Waals surface area contributed by atoms with Gasteiger partial charge in [-0.25, -0.2) is 8.42 Å². The molecule has 0 saturated heterocycles. The summed E-state index contributed by atoms with van der Waals surface area (Å²) in [5, 5.41) is 3.90. The van der Waals surface area contributed by atoms with Gasteiger partial charge in [0.2, 0.25) is 11.7 Å². The van der Waals surface area contributed by atoms with Crippen molar-refractivity contribution in [2.45, 2.75) is 18.2 Å². The van der Waals surface area contributed by atoms with Gasteiger partial charge in [-0.15, -0.1) is 0 Å². The highest BCUT2D eigenvalue weighted by atomic mass is 32.2. The minimum atomic E-state index is -3.78. The largest absolute Gasteiger partial charge is 0.494 e. The van der Waals surface area contributed by atoms with Crippen LogP contribution in [0.4, 0.5) is 5.69 Å². The summed E-state index contributed by atoms with van der Waals surface area (Å²) in [4.78, 5) is 4.45. The van der Waals surface area contributed by atoms with Crippen LogP contribution < -0.4 is 9.46 Å². The number of hydrogen-bond donors (Lipinski definition) is 1. The molecule has 1 N–H and O–H groups in total. The third-order valence-corrected chi connectivity index (χ3v) is 5.64. The standard InChI is InChI=1S/C21H19N3O5S/c1-2-27-16-9-11-17(12-10-16)30(25,26)24-18-7-4-3-6-15(18)14-20-22-21(23-29-20)19-8-5-13-28-19/h3-13,24H,2,14H2,1H3. The molecule has 2 heterocycles. The van der Waals surface area contributed by atoms with Crippen LogP contribution in [-0.4, -0.2) is 25.2 Å². The highest BCUT2D eigenvalue weighted by Crippen LogP contribution is 2.24. The normalized spacial score (nSPS) is 11.4. The molecule has 0 aliphatic heterocycles. The fourth-order valence-electron chi connectivity index (χ4n) is 2.85. The average molecular weight is 425 g/mol. The molecular weight excluding hydrogens is 406 g/mol. The summed E-state index contributed by atoms with van der Waals surface area (Å²) in [6.45, 7) is 2.37. The van der Waals surface area contributed by atoms with Crippen LogP contribution in [-0.2, 0) is 16.4 Å². The van der Waals surface area contributed by atoms with Crippen LogP contribution in [0.3, 0.4) is 0 Å². The third kappa shape index (κ3) is 4.36. The molecule has 9 heteroatoms. The Morgan fingerprint density at radius 1 is 1.03 bits per heavy atom. The molecule has 2 aromatic heterocycles. The molecule has 30 heavy (non-hydrogen) atoms. The smallest absolute Gasteiger partial charge is 0.261 e. The molecule has 2 aromatic carbocycles. The lowest BCUT2D eigenvalue weighted by atomic mass is 10.1. The van der Waals surface area contributed by atoms with E-state index in [-0.39, 0.29) is 11.3 Å². The van der Waals surface area contributed by atoms with Gasteiger partial charge in [0.05, 0.1) is 29.9 Å². The lowest BCUT2D eigenvalue weighted by Crippen LogP contribution is -2.14. The van der Waals surface area contributed by atoms with Gasteiger partial charge < -0.3 is 13.7 Å². The van der Waals surface area contributed by atoms with E-state index >= 15 is 0 Å². The molecule has 8 nitrogen and oxygen atoms in total. The van der Waals surface area contributed by atoms with E-state index < -0.39 is 10.0 Å². The second-order valence-electron chi connectivity index (χ2n) is 6.33. The first-order valence-corrected chi connectivity index (χ1v) is 10.7. The van der Waals surface area contributed by atoms with Crippen LogP contribution in [0.25, 0.3) is 11.6 Å². The molecule has 0 unspecified atom stereocenters. The van der Waals surface area contributed by atoms with Crippen molar-refractivity contribution in [3.63, 3.8) is 0 Å². The highest BCUT2D eigenvalue weighted by molar-refractivity contribution is 7.92. The molecule has 0 fully saturated rings. The Hall–Kier alpha value is -3.59. The lowest BCUT2D eigenvalue weighted by Gasteiger charge is -2.12. The predicted molar refractivity (Wildman–Crippen MR) is 110 cm³/mol. The first-order valence-electron chi connectivity index (χ1n) is 9.25. The van der Waals surface area contributed by atoms with E-state index in [1.54, 1.807) is 42.5 Å². The minimum Gasteiger partial charge on any atom is -0.494 e. The number of anilines is 1. The maximum atomic E-state index is 12.8. The first kappa shape index (κ1) is 19.7. The molecule has 4 aromatic rings. The fourth-order valence-corrected chi connectivity index (χ4v) is 3.96. The van der Waals surface area contributed by atoms with Crippen molar-refractivity contribution in [3.8, 4) is 17.3 Å². The Labute approximate surface area is 173 Å². The van der Waals surface area contributed by atoms with Crippen molar-refractivity contribution >= 4 is 15.7 Å². The number of nitrogens with one attached hydrogen (secondary N) is 1. The summed E-state index contributed by atoms with van der Waals surface area (Å²) >= 11 is 0. The average Bonchev–Trinajstić information content (AvgIpc) is 3.42. The lowest BCUT2D eigenvalue weighted by molar-refractivity contribution is 0.340. The van der Waals surface area contributed by atoms with E-state index in [0.29, 0.717) is 41.1 Å². The summed E-state index contributed by atoms with van der Waals surface area (Å²) in [5.41, 5.74) is 1.13. The number of aromatic nitrogens is 2. The number of ether oxygens (including phenoxy) is 1. The molecule has 0 spiro atoms. The second-order valence-corrected chi connectivity index (χ2v) is 8.02. The zero-order valence-corrected chi connectivity index (χ0v) is 16.9. The van der Waals surface area contributed by atoms with E-state index in [1.165, 1.54) is 18.4 Å². The maximum absolute atomic E-state index is 12.8. The van der Waals surface area contributed by atoms with Crippen LogP contribution in [0.5, 0.6) is 5.75 Å². The van der Waals surface area contributed by atoms with Crippen LogP contribution in [0, 0.1) is 0 Å². The maximum Gasteiger partial charge on any atom is 0.261 e. The van der Waals surface area contributed by atoms with Gasteiger partial charge in [0.15, 0.2) is 5.76 Å². The van der Waals surface area contributed by atoms with E-state index in [0.717, 1.165) is 0 Å². The number of nitrogens with zero attached hydrogens (tertiary/aromatic N) is 2. The Kier molecular flexibility index (Phi) is 5.53. The molecule has 0 aliphatic carbocycles.